The molecule has 38 heavy (non-hydrogen) atoms. The van der Waals surface area contributed by atoms with Gasteiger partial charge in [0.1, 0.15) is 11.6 Å². The van der Waals surface area contributed by atoms with Gasteiger partial charge in [-0.1, -0.05) is 23.7 Å². The van der Waals surface area contributed by atoms with E-state index in [1.165, 1.54) is 16.7 Å². The van der Waals surface area contributed by atoms with Gasteiger partial charge >= 0.3 is 6.18 Å². The molecule has 0 unspecified atom stereocenters. The summed E-state index contributed by atoms with van der Waals surface area (Å²) in [6.07, 6.45) is -4.71. The van der Waals surface area contributed by atoms with Crippen LogP contribution < -0.4 is 5.32 Å². The first-order chi connectivity index (χ1) is 18.0. The fourth-order valence-corrected chi connectivity index (χ4v) is 4.56. The Balaban J connectivity index is 1.52. The number of carbonyl (C=O) groups excluding carboxylic acids is 1. The zero-order chi connectivity index (χ0) is 27.2. The number of benzene rings is 3. The Bertz CT molecular complexity index is 1660. The molecule has 2 aromatic heterocycles. The van der Waals surface area contributed by atoms with Crippen molar-refractivity contribution in [2.24, 2.45) is 0 Å². The van der Waals surface area contributed by atoms with E-state index in [4.69, 9.17) is 11.6 Å². The topological polar surface area (TPSA) is 78.8 Å². The van der Waals surface area contributed by atoms with Crippen molar-refractivity contribution in [1.29, 1.82) is 0 Å². The molecule has 0 aliphatic rings. The van der Waals surface area contributed by atoms with Crippen molar-refractivity contribution < 1.29 is 18.0 Å². The van der Waals surface area contributed by atoms with E-state index < -0.39 is 23.7 Å². The normalized spacial score (nSPS) is 12.9. The highest BCUT2D eigenvalue weighted by Gasteiger charge is 2.36. The summed E-state index contributed by atoms with van der Waals surface area (Å²) in [6.45, 7) is 2.02. The number of rotatable bonds is 6. The molecule has 0 saturated carbocycles. The second-order valence-corrected chi connectivity index (χ2v) is 9.73. The smallest absolute Gasteiger partial charge is 0.342 e. The molecule has 0 saturated heterocycles. The SMILES string of the molecule is C[C@H](NC(=O)c1ccc(-n2c(CN(C)C)nc3ccccc32)c(C(F)(F)F)c1)c1nc2ccc(Cl)cc2[nH]1. The number of hydrogen-bond acceptors (Lipinski definition) is 4. The minimum Gasteiger partial charge on any atom is -0.342 e. The Kier molecular flexibility index (Phi) is 6.62. The van der Waals surface area contributed by atoms with E-state index in [-0.39, 0.29) is 11.3 Å². The average Bonchev–Trinajstić information content (AvgIpc) is 3.43. The second-order valence-electron chi connectivity index (χ2n) is 9.30. The molecule has 3 aromatic carbocycles. The molecule has 0 spiro atoms. The van der Waals surface area contributed by atoms with Crippen molar-refractivity contribution in [2.45, 2.75) is 25.7 Å². The molecular weight excluding hydrogens is 517 g/mol. The van der Waals surface area contributed by atoms with E-state index in [1.54, 1.807) is 49.4 Å². The Hall–Kier alpha value is -3.89. The number of H-pyrrole nitrogens is 1. The molecule has 7 nitrogen and oxygen atoms in total. The molecule has 2 heterocycles. The van der Waals surface area contributed by atoms with Crippen molar-refractivity contribution in [2.75, 3.05) is 14.1 Å². The second kappa shape index (κ2) is 9.77. The standard InChI is InChI=1S/C27H24ClF3N6O/c1-15(25-34-19-10-9-17(28)13-21(19)35-25)32-26(38)16-8-11-22(18(12-16)27(29,30)31)37-23-7-5-4-6-20(23)33-24(37)14-36(2)3/h4-13,15H,14H2,1-3H3,(H,32,38)(H,34,35)/t15-/m0/s1. The van der Waals surface area contributed by atoms with E-state index in [0.717, 1.165) is 6.07 Å². The van der Waals surface area contributed by atoms with Crippen LogP contribution in [0.15, 0.2) is 60.7 Å². The highest BCUT2D eigenvalue weighted by atomic mass is 35.5. The lowest BCUT2D eigenvalue weighted by Crippen LogP contribution is -2.28. The molecule has 1 amide bonds. The van der Waals surface area contributed by atoms with Gasteiger partial charge in [-0.15, -0.1) is 0 Å². The number of fused-ring (bicyclic) bond motifs is 2. The molecule has 0 bridgehead atoms. The molecule has 11 heteroatoms. The Morgan fingerprint density at radius 2 is 1.84 bits per heavy atom. The first-order valence-corrected chi connectivity index (χ1v) is 12.2. The molecular formula is C27H24ClF3N6O. The number of amides is 1. The fraction of sp³-hybridized carbons (Fsp3) is 0.222. The average molecular weight is 541 g/mol. The van der Waals surface area contributed by atoms with Crippen molar-refractivity contribution in [3.8, 4) is 5.69 Å². The summed E-state index contributed by atoms with van der Waals surface area (Å²) in [6, 6.07) is 15.2. The number of aromatic nitrogens is 4. The maximum absolute atomic E-state index is 14.4. The van der Waals surface area contributed by atoms with Gasteiger partial charge in [0.15, 0.2) is 0 Å². The third kappa shape index (κ3) is 4.97. The summed E-state index contributed by atoms with van der Waals surface area (Å²) in [4.78, 5) is 27.0. The molecule has 196 valence electrons. The van der Waals surface area contributed by atoms with Crippen LogP contribution in [0, 0.1) is 0 Å². The summed E-state index contributed by atoms with van der Waals surface area (Å²) in [5.74, 6) is 0.260. The van der Waals surface area contributed by atoms with Crippen molar-refractivity contribution >= 4 is 39.6 Å². The van der Waals surface area contributed by atoms with Crippen molar-refractivity contribution in [3.63, 3.8) is 0 Å². The lowest BCUT2D eigenvalue weighted by molar-refractivity contribution is -0.137. The van der Waals surface area contributed by atoms with Gasteiger partial charge in [-0.25, -0.2) is 9.97 Å². The summed E-state index contributed by atoms with van der Waals surface area (Å²) >= 11 is 6.02. The first-order valence-electron chi connectivity index (χ1n) is 11.8. The number of alkyl halides is 3. The van der Waals surface area contributed by atoms with Crippen LogP contribution >= 0.6 is 11.6 Å². The van der Waals surface area contributed by atoms with Gasteiger partial charge < -0.3 is 15.2 Å². The lowest BCUT2D eigenvalue weighted by atomic mass is 10.1. The van der Waals surface area contributed by atoms with E-state index >= 15 is 0 Å². The van der Waals surface area contributed by atoms with Crippen molar-refractivity contribution in [3.05, 3.63) is 88.5 Å². The Morgan fingerprint density at radius 3 is 2.58 bits per heavy atom. The predicted octanol–water partition coefficient (Wildman–Crippen LogP) is 6.13. The zero-order valence-corrected chi connectivity index (χ0v) is 21.5. The summed E-state index contributed by atoms with van der Waals surface area (Å²) < 4.78 is 44.6. The minimum absolute atomic E-state index is 0.0955. The third-order valence-corrected chi connectivity index (χ3v) is 6.35. The molecule has 0 aliphatic heterocycles. The molecule has 2 N–H and O–H groups in total. The van der Waals surface area contributed by atoms with Gasteiger partial charge in [0.2, 0.25) is 0 Å². The number of para-hydroxylation sites is 2. The number of nitrogens with one attached hydrogen (secondary N) is 2. The van der Waals surface area contributed by atoms with Gasteiger partial charge in [0.25, 0.3) is 5.91 Å². The predicted molar refractivity (Wildman–Crippen MR) is 140 cm³/mol. The van der Waals surface area contributed by atoms with E-state index in [0.29, 0.717) is 45.3 Å². The van der Waals surface area contributed by atoms with Gasteiger partial charge in [-0.2, -0.15) is 13.2 Å². The van der Waals surface area contributed by atoms with Gasteiger partial charge in [0, 0.05) is 10.6 Å². The van der Waals surface area contributed by atoms with Gasteiger partial charge in [0.05, 0.1) is 45.9 Å². The zero-order valence-electron chi connectivity index (χ0n) is 20.8. The van der Waals surface area contributed by atoms with E-state index in [9.17, 15) is 18.0 Å². The number of halogens is 4. The first kappa shape index (κ1) is 25.7. The molecule has 0 radical (unpaired) electrons. The molecule has 5 aromatic rings. The Morgan fingerprint density at radius 1 is 1.08 bits per heavy atom. The summed E-state index contributed by atoms with van der Waals surface area (Å²) in [5, 5.41) is 3.26. The van der Waals surface area contributed by atoms with Crippen LogP contribution in [0.3, 0.4) is 0 Å². The third-order valence-electron chi connectivity index (χ3n) is 6.11. The quantitative estimate of drug-likeness (QED) is 0.272. The number of imidazole rings is 2. The van der Waals surface area contributed by atoms with Crippen LogP contribution in [-0.2, 0) is 12.7 Å². The maximum Gasteiger partial charge on any atom is 0.418 e. The number of aromatic amines is 1. The lowest BCUT2D eigenvalue weighted by Gasteiger charge is -2.19. The minimum atomic E-state index is -4.71. The molecule has 5 rings (SSSR count). The van der Waals surface area contributed by atoms with Gasteiger partial charge in [-0.05, 0) is 69.6 Å². The van der Waals surface area contributed by atoms with Crippen LogP contribution in [0.5, 0.6) is 0 Å². The highest BCUT2D eigenvalue weighted by molar-refractivity contribution is 6.31. The largest absolute Gasteiger partial charge is 0.418 e. The summed E-state index contributed by atoms with van der Waals surface area (Å²) in [7, 11) is 3.64. The monoisotopic (exact) mass is 540 g/mol. The molecule has 1 atom stereocenters. The van der Waals surface area contributed by atoms with Gasteiger partial charge in [-0.3, -0.25) is 9.36 Å². The highest BCUT2D eigenvalue weighted by Crippen LogP contribution is 2.37. The van der Waals surface area contributed by atoms with Crippen LogP contribution in [-0.4, -0.2) is 44.4 Å². The molecule has 0 aliphatic carbocycles. The number of nitrogens with zero attached hydrogens (tertiary/aromatic N) is 4. The number of hydrogen-bond donors (Lipinski definition) is 2. The van der Waals surface area contributed by atoms with Crippen LogP contribution in [0.25, 0.3) is 27.8 Å². The Labute approximate surface area is 221 Å². The molecule has 0 fully saturated rings. The van der Waals surface area contributed by atoms with Crippen LogP contribution in [0.2, 0.25) is 5.02 Å². The van der Waals surface area contributed by atoms with E-state index in [1.807, 2.05) is 19.0 Å². The number of carbonyl (C=O) groups is 1. The van der Waals surface area contributed by atoms with Crippen molar-refractivity contribution in [1.82, 2.24) is 29.7 Å². The van der Waals surface area contributed by atoms with Crippen LogP contribution in [0.4, 0.5) is 13.2 Å². The van der Waals surface area contributed by atoms with Crippen LogP contribution in [0.1, 0.15) is 40.5 Å². The van der Waals surface area contributed by atoms with E-state index in [2.05, 4.69) is 20.3 Å². The summed E-state index contributed by atoms with van der Waals surface area (Å²) in [5.41, 5.74) is 1.34. The fourth-order valence-electron chi connectivity index (χ4n) is 4.39. The maximum atomic E-state index is 14.4.